The van der Waals surface area contributed by atoms with Gasteiger partial charge in [-0.2, -0.15) is 13.2 Å². The van der Waals surface area contributed by atoms with Gasteiger partial charge in [-0.1, -0.05) is 23.7 Å². The van der Waals surface area contributed by atoms with E-state index >= 15 is 0 Å². The molecular formula is C19H25ClF3N3O6S. The van der Waals surface area contributed by atoms with Crippen molar-refractivity contribution in [1.29, 1.82) is 0 Å². The number of benzene rings is 1. The molecule has 33 heavy (non-hydrogen) atoms. The van der Waals surface area contributed by atoms with E-state index in [0.29, 0.717) is 30.8 Å². The van der Waals surface area contributed by atoms with E-state index in [1.807, 2.05) is 4.90 Å². The molecule has 1 saturated heterocycles. The van der Waals surface area contributed by atoms with Gasteiger partial charge in [0.2, 0.25) is 10.0 Å². The summed E-state index contributed by atoms with van der Waals surface area (Å²) in [6.07, 6.45) is -7.01. The molecule has 0 saturated carbocycles. The highest BCUT2D eigenvalue weighted by Gasteiger charge is 2.40. The van der Waals surface area contributed by atoms with Crippen molar-refractivity contribution < 1.29 is 40.7 Å². The standard InChI is InChI=1S/C19H25ClF3N3O6S/c1-12-4-5-14(17(16(12)20)31-11-15(27)24-33(3,29)30)10-25-6-8-26(9-7-25)18(28)32-13(2)19(21,22)23/h4-5,13H,6-11H2,1-3H3,(H,24,27). The van der Waals surface area contributed by atoms with Gasteiger partial charge in [0, 0.05) is 38.3 Å². The second-order valence-electron chi connectivity index (χ2n) is 7.60. The number of ether oxygens (including phenoxy) is 2. The van der Waals surface area contributed by atoms with Crippen molar-refractivity contribution in [3.8, 4) is 5.75 Å². The average molecular weight is 516 g/mol. The number of nitrogens with one attached hydrogen (secondary N) is 1. The molecule has 1 aromatic carbocycles. The number of carbonyl (C=O) groups is 2. The summed E-state index contributed by atoms with van der Waals surface area (Å²) in [5.41, 5.74) is 1.31. The van der Waals surface area contributed by atoms with Crippen molar-refractivity contribution in [2.24, 2.45) is 0 Å². The normalized spacial score (nSPS) is 16.3. The molecule has 2 amide bonds. The van der Waals surface area contributed by atoms with E-state index in [2.05, 4.69) is 4.74 Å². The van der Waals surface area contributed by atoms with Gasteiger partial charge in [-0.05, 0) is 19.4 Å². The molecule has 1 aliphatic heterocycles. The minimum Gasteiger partial charge on any atom is -0.482 e. The Labute approximate surface area is 194 Å². The minimum atomic E-state index is -4.63. The van der Waals surface area contributed by atoms with Crippen molar-refractivity contribution in [1.82, 2.24) is 14.5 Å². The third-order valence-corrected chi connectivity index (χ3v) is 5.85. The molecule has 0 aliphatic carbocycles. The van der Waals surface area contributed by atoms with Crippen LogP contribution < -0.4 is 9.46 Å². The van der Waals surface area contributed by atoms with Crippen LogP contribution in [0.4, 0.5) is 18.0 Å². The van der Waals surface area contributed by atoms with Gasteiger partial charge >= 0.3 is 12.3 Å². The first-order valence-corrected chi connectivity index (χ1v) is 12.1. The number of piperazine rings is 1. The Bertz CT molecular complexity index is 982. The van der Waals surface area contributed by atoms with E-state index < -0.39 is 40.9 Å². The van der Waals surface area contributed by atoms with Gasteiger partial charge in [-0.15, -0.1) is 0 Å². The number of hydrogen-bond donors (Lipinski definition) is 1. The van der Waals surface area contributed by atoms with Crippen LogP contribution in [-0.4, -0.2) is 81.5 Å². The highest BCUT2D eigenvalue weighted by atomic mass is 35.5. The number of amides is 2. The highest BCUT2D eigenvalue weighted by Crippen LogP contribution is 2.33. The molecule has 14 heteroatoms. The van der Waals surface area contributed by atoms with Crippen LogP contribution in [0.2, 0.25) is 5.02 Å². The molecule has 1 unspecified atom stereocenters. The molecule has 1 fully saturated rings. The van der Waals surface area contributed by atoms with E-state index in [1.165, 1.54) is 4.90 Å². The molecule has 0 spiro atoms. The lowest BCUT2D eigenvalue weighted by Crippen LogP contribution is -2.49. The monoisotopic (exact) mass is 515 g/mol. The van der Waals surface area contributed by atoms with Crippen LogP contribution in [0, 0.1) is 6.92 Å². The van der Waals surface area contributed by atoms with Gasteiger partial charge in [0.15, 0.2) is 12.7 Å². The van der Waals surface area contributed by atoms with Crippen LogP contribution >= 0.6 is 11.6 Å². The van der Waals surface area contributed by atoms with Gasteiger partial charge in [0.05, 0.1) is 11.3 Å². The number of sulfonamides is 1. The molecule has 0 radical (unpaired) electrons. The quantitative estimate of drug-likeness (QED) is 0.594. The molecule has 0 bridgehead atoms. The number of rotatable bonds is 7. The molecule has 186 valence electrons. The average Bonchev–Trinajstić information content (AvgIpc) is 2.69. The number of alkyl halides is 3. The molecule has 1 aliphatic rings. The molecule has 1 atom stereocenters. The summed E-state index contributed by atoms with van der Waals surface area (Å²) in [4.78, 5) is 26.9. The highest BCUT2D eigenvalue weighted by molar-refractivity contribution is 7.89. The maximum absolute atomic E-state index is 12.6. The summed E-state index contributed by atoms with van der Waals surface area (Å²) in [5.74, 6) is -0.637. The van der Waals surface area contributed by atoms with E-state index in [4.69, 9.17) is 16.3 Å². The molecule has 2 rings (SSSR count). The third-order valence-electron chi connectivity index (χ3n) is 4.78. The Kier molecular flexibility index (Phi) is 8.82. The Morgan fingerprint density at radius 1 is 1.21 bits per heavy atom. The number of hydrogen-bond acceptors (Lipinski definition) is 7. The number of nitrogens with zero attached hydrogens (tertiary/aromatic N) is 2. The summed E-state index contributed by atoms with van der Waals surface area (Å²) >= 11 is 6.33. The summed E-state index contributed by atoms with van der Waals surface area (Å²) in [5, 5.41) is 0.267. The second-order valence-corrected chi connectivity index (χ2v) is 9.73. The van der Waals surface area contributed by atoms with Gasteiger partial charge in [-0.25, -0.2) is 13.2 Å². The lowest BCUT2D eigenvalue weighted by Gasteiger charge is -2.35. The Balaban J connectivity index is 1.99. The Morgan fingerprint density at radius 3 is 2.36 bits per heavy atom. The largest absolute Gasteiger partial charge is 0.482 e. The Morgan fingerprint density at radius 2 is 1.82 bits per heavy atom. The van der Waals surface area contributed by atoms with E-state index in [1.54, 1.807) is 23.8 Å². The zero-order valence-corrected chi connectivity index (χ0v) is 19.8. The molecule has 1 heterocycles. The molecule has 0 aromatic heterocycles. The Hall–Kier alpha value is -2.25. The van der Waals surface area contributed by atoms with Gasteiger partial charge < -0.3 is 14.4 Å². The predicted molar refractivity (Wildman–Crippen MR) is 114 cm³/mol. The number of carbonyl (C=O) groups excluding carboxylic acids is 2. The molecule has 1 N–H and O–H groups in total. The summed E-state index contributed by atoms with van der Waals surface area (Å²) in [7, 11) is -3.73. The zero-order chi connectivity index (χ0) is 25.0. The fourth-order valence-electron chi connectivity index (χ4n) is 2.97. The summed E-state index contributed by atoms with van der Waals surface area (Å²) < 4.78 is 71.9. The third kappa shape index (κ3) is 8.23. The van der Waals surface area contributed by atoms with Crippen molar-refractivity contribution in [3.63, 3.8) is 0 Å². The first-order valence-electron chi connectivity index (χ1n) is 9.83. The second kappa shape index (κ2) is 10.8. The fraction of sp³-hybridized carbons (Fsp3) is 0.579. The van der Waals surface area contributed by atoms with Crippen molar-refractivity contribution in [3.05, 3.63) is 28.3 Å². The first-order chi connectivity index (χ1) is 15.2. The van der Waals surface area contributed by atoms with E-state index in [-0.39, 0.29) is 23.9 Å². The van der Waals surface area contributed by atoms with Gasteiger partial charge in [0.25, 0.3) is 5.91 Å². The number of aryl methyl sites for hydroxylation is 1. The molecular weight excluding hydrogens is 491 g/mol. The summed E-state index contributed by atoms with van der Waals surface area (Å²) in [6, 6.07) is 3.50. The SMILES string of the molecule is Cc1ccc(CN2CCN(C(=O)OC(C)C(F)(F)F)CC2)c(OCC(=O)NS(C)(=O)=O)c1Cl. The molecule has 1 aromatic rings. The topological polar surface area (TPSA) is 105 Å². The van der Waals surface area contributed by atoms with Crippen molar-refractivity contribution in [2.45, 2.75) is 32.7 Å². The minimum absolute atomic E-state index is 0.163. The van der Waals surface area contributed by atoms with Crippen LogP contribution in [0.25, 0.3) is 0 Å². The maximum atomic E-state index is 12.6. The van der Waals surface area contributed by atoms with Crippen molar-refractivity contribution >= 4 is 33.6 Å². The first kappa shape index (κ1) is 27.0. The van der Waals surface area contributed by atoms with E-state index in [9.17, 15) is 31.2 Å². The smallest absolute Gasteiger partial charge is 0.425 e. The van der Waals surface area contributed by atoms with Gasteiger partial charge in [-0.3, -0.25) is 14.4 Å². The van der Waals surface area contributed by atoms with Crippen LogP contribution in [0.5, 0.6) is 5.75 Å². The number of halogens is 4. The van der Waals surface area contributed by atoms with Crippen LogP contribution in [0.15, 0.2) is 12.1 Å². The fourth-order valence-corrected chi connectivity index (χ4v) is 3.68. The summed E-state index contributed by atoms with van der Waals surface area (Å²) in [6.45, 7) is 3.30. The lowest BCUT2D eigenvalue weighted by atomic mass is 10.1. The lowest BCUT2D eigenvalue weighted by molar-refractivity contribution is -0.200. The van der Waals surface area contributed by atoms with Crippen LogP contribution in [-0.2, 0) is 26.1 Å². The maximum Gasteiger partial charge on any atom is 0.425 e. The van der Waals surface area contributed by atoms with Gasteiger partial charge in [0.1, 0.15) is 5.75 Å². The van der Waals surface area contributed by atoms with Crippen molar-refractivity contribution in [2.75, 3.05) is 39.0 Å². The van der Waals surface area contributed by atoms with Crippen LogP contribution in [0.1, 0.15) is 18.1 Å². The predicted octanol–water partition coefficient (Wildman–Crippen LogP) is 2.31. The van der Waals surface area contributed by atoms with Crippen LogP contribution in [0.3, 0.4) is 0 Å². The molecule has 9 nitrogen and oxygen atoms in total. The zero-order valence-electron chi connectivity index (χ0n) is 18.2. The van der Waals surface area contributed by atoms with E-state index in [0.717, 1.165) is 13.2 Å².